The van der Waals surface area contributed by atoms with Crippen LogP contribution in [0.3, 0.4) is 0 Å². The Labute approximate surface area is 253 Å². The van der Waals surface area contributed by atoms with Crippen molar-refractivity contribution in [2.45, 2.75) is 57.3 Å². The van der Waals surface area contributed by atoms with Crippen LogP contribution in [0, 0.1) is 0 Å². The van der Waals surface area contributed by atoms with Crippen molar-refractivity contribution in [3.63, 3.8) is 0 Å². The molecule has 1 aliphatic rings. The molecule has 3 aromatic rings. The van der Waals surface area contributed by atoms with E-state index in [1.54, 1.807) is 5.48 Å². The zero-order valence-corrected chi connectivity index (χ0v) is 24.6. The number of carbonyl (C=O) groups excluding carboxylic acids is 2. The number of rotatable bonds is 14. The van der Waals surface area contributed by atoms with Crippen LogP contribution in [0.15, 0.2) is 85.5 Å². The van der Waals surface area contributed by atoms with Gasteiger partial charge in [0.2, 0.25) is 11.8 Å². The van der Waals surface area contributed by atoms with Gasteiger partial charge in [0, 0.05) is 44.5 Å². The molecular formula is C34H41N3O6. The summed E-state index contributed by atoms with van der Waals surface area (Å²) in [6.07, 6.45) is 2.45. The fourth-order valence-corrected chi connectivity index (χ4v) is 5.16. The monoisotopic (exact) mass is 587 g/mol. The Bertz CT molecular complexity index is 1360. The highest BCUT2D eigenvalue weighted by molar-refractivity contribution is 5.78. The number of aliphatic hydroxyl groups excluding tert-OH is 1. The molecule has 3 aromatic carbocycles. The van der Waals surface area contributed by atoms with Crippen LogP contribution in [0.1, 0.15) is 60.3 Å². The Balaban J connectivity index is 1.47. The normalized spacial score (nSPS) is 18.3. The molecule has 0 aromatic heterocycles. The topological polar surface area (TPSA) is 120 Å². The summed E-state index contributed by atoms with van der Waals surface area (Å²) in [7, 11) is 2.05. The van der Waals surface area contributed by atoms with E-state index in [0.29, 0.717) is 19.4 Å². The molecule has 9 nitrogen and oxygen atoms in total. The van der Waals surface area contributed by atoms with Crippen molar-refractivity contribution in [2.75, 3.05) is 20.1 Å². The van der Waals surface area contributed by atoms with E-state index in [-0.39, 0.29) is 37.6 Å². The van der Waals surface area contributed by atoms with E-state index in [4.69, 9.17) is 14.7 Å². The van der Waals surface area contributed by atoms with Crippen molar-refractivity contribution in [1.82, 2.24) is 15.7 Å². The Morgan fingerprint density at radius 3 is 2.40 bits per heavy atom. The highest BCUT2D eigenvalue weighted by atomic mass is 16.7. The minimum absolute atomic E-state index is 0.00160. The molecule has 2 amide bonds. The number of nitrogens with zero attached hydrogens (tertiary/aromatic N) is 1. The van der Waals surface area contributed by atoms with Gasteiger partial charge in [-0.15, -0.1) is 6.58 Å². The number of ether oxygens (including phenoxy) is 2. The SMILES string of the molecule is C=CCN(C)C[C@H]1C[C@@H](c2ccc(CO)cc2)O[C@@H](c2cccc(-c3cccc(CNC(=O)CCCC(=O)NO)c3)c2)O1. The lowest BCUT2D eigenvalue weighted by Gasteiger charge is -2.37. The van der Waals surface area contributed by atoms with Crippen LogP contribution in [-0.4, -0.2) is 53.3 Å². The number of nitrogens with one attached hydrogen (secondary N) is 2. The van der Waals surface area contributed by atoms with E-state index in [1.807, 2.05) is 79.9 Å². The summed E-state index contributed by atoms with van der Waals surface area (Å²) >= 11 is 0. The standard InChI is InChI=1S/C34H41N3O6/c1-3-17-37(2)22-30-20-31(26-15-13-24(23-38)14-16-26)43-34(42-30)29-10-5-9-28(19-29)27-8-4-7-25(18-27)21-35-32(39)11-6-12-33(40)36-41/h3-5,7-10,13-16,18-19,30-31,34,38,41H,1,6,11-12,17,20-23H2,2H3,(H,35,39)(H,36,40)/t30-,31+,34+/m1/s1. The molecule has 1 aliphatic heterocycles. The summed E-state index contributed by atoms with van der Waals surface area (Å²) in [6.45, 7) is 5.71. The highest BCUT2D eigenvalue weighted by Crippen LogP contribution is 2.39. The fraction of sp³-hybridized carbons (Fsp3) is 0.353. The minimum atomic E-state index is -0.561. The molecule has 43 heavy (non-hydrogen) atoms. The molecule has 1 saturated heterocycles. The van der Waals surface area contributed by atoms with Gasteiger partial charge in [-0.1, -0.05) is 66.7 Å². The maximum absolute atomic E-state index is 12.2. The minimum Gasteiger partial charge on any atom is -0.392 e. The molecule has 0 saturated carbocycles. The van der Waals surface area contributed by atoms with E-state index in [0.717, 1.165) is 46.5 Å². The smallest absolute Gasteiger partial charge is 0.243 e. The highest BCUT2D eigenvalue weighted by Gasteiger charge is 2.32. The van der Waals surface area contributed by atoms with Crippen molar-refractivity contribution in [2.24, 2.45) is 0 Å². The summed E-state index contributed by atoms with van der Waals surface area (Å²) in [5, 5.41) is 20.9. The Morgan fingerprint density at radius 1 is 0.953 bits per heavy atom. The summed E-state index contributed by atoms with van der Waals surface area (Å²) in [6, 6.07) is 24.0. The number of likely N-dealkylation sites (N-methyl/N-ethyl adjacent to an activating group) is 1. The van der Waals surface area contributed by atoms with E-state index < -0.39 is 12.2 Å². The summed E-state index contributed by atoms with van der Waals surface area (Å²) in [5.74, 6) is -0.659. The predicted molar refractivity (Wildman–Crippen MR) is 164 cm³/mol. The molecule has 228 valence electrons. The molecule has 1 heterocycles. The van der Waals surface area contributed by atoms with E-state index >= 15 is 0 Å². The Morgan fingerprint density at radius 2 is 1.67 bits per heavy atom. The van der Waals surface area contributed by atoms with Crippen molar-refractivity contribution in [1.29, 1.82) is 0 Å². The second kappa shape index (κ2) is 16.1. The molecule has 4 rings (SSSR count). The van der Waals surface area contributed by atoms with Crippen LogP contribution in [0.2, 0.25) is 0 Å². The zero-order chi connectivity index (χ0) is 30.6. The molecule has 0 aliphatic carbocycles. The molecule has 1 fully saturated rings. The Hall–Kier alpha value is -3.86. The molecule has 3 atom stereocenters. The summed E-state index contributed by atoms with van der Waals surface area (Å²) in [5.41, 5.74) is 7.34. The van der Waals surface area contributed by atoms with E-state index in [1.165, 1.54) is 0 Å². The molecule has 0 bridgehead atoms. The molecule has 9 heteroatoms. The fourth-order valence-electron chi connectivity index (χ4n) is 5.16. The third-order valence-electron chi connectivity index (χ3n) is 7.41. The van der Waals surface area contributed by atoms with Crippen molar-refractivity contribution in [3.05, 3.63) is 108 Å². The third-order valence-corrected chi connectivity index (χ3v) is 7.41. The van der Waals surface area contributed by atoms with E-state index in [9.17, 15) is 14.7 Å². The second-order valence-electron chi connectivity index (χ2n) is 10.9. The van der Waals surface area contributed by atoms with Crippen LogP contribution < -0.4 is 10.8 Å². The molecule has 4 N–H and O–H groups in total. The van der Waals surface area contributed by atoms with Gasteiger partial charge in [-0.05, 0) is 53.4 Å². The van der Waals surface area contributed by atoms with Crippen LogP contribution in [0.4, 0.5) is 0 Å². The Kier molecular flexibility index (Phi) is 12.0. The lowest BCUT2D eigenvalue weighted by atomic mass is 9.98. The van der Waals surface area contributed by atoms with Gasteiger partial charge in [0.25, 0.3) is 0 Å². The molecular weight excluding hydrogens is 546 g/mol. The predicted octanol–water partition coefficient (Wildman–Crippen LogP) is 4.80. The average molecular weight is 588 g/mol. The first kappa shape index (κ1) is 32.1. The quantitative estimate of drug-likeness (QED) is 0.122. The number of aliphatic hydroxyl groups is 1. The molecule has 0 unspecified atom stereocenters. The van der Waals surface area contributed by atoms with Crippen LogP contribution in [0.5, 0.6) is 0 Å². The number of benzene rings is 3. The molecule has 0 radical (unpaired) electrons. The maximum atomic E-state index is 12.2. The van der Waals surface area contributed by atoms with Gasteiger partial charge in [-0.25, -0.2) is 5.48 Å². The largest absolute Gasteiger partial charge is 0.392 e. The number of carbonyl (C=O) groups is 2. The van der Waals surface area contributed by atoms with Crippen LogP contribution in [0.25, 0.3) is 11.1 Å². The third kappa shape index (κ3) is 9.57. The van der Waals surface area contributed by atoms with E-state index in [2.05, 4.69) is 22.9 Å². The lowest BCUT2D eigenvalue weighted by Crippen LogP contribution is -2.37. The number of hydrogen-bond donors (Lipinski definition) is 4. The first-order valence-electron chi connectivity index (χ1n) is 14.6. The van der Waals surface area contributed by atoms with Gasteiger partial charge >= 0.3 is 0 Å². The van der Waals surface area contributed by atoms with Crippen molar-refractivity contribution < 1.29 is 29.4 Å². The van der Waals surface area contributed by atoms with Gasteiger partial charge in [-0.3, -0.25) is 14.8 Å². The summed E-state index contributed by atoms with van der Waals surface area (Å²) in [4.78, 5) is 25.5. The lowest BCUT2D eigenvalue weighted by molar-refractivity contribution is -0.252. The van der Waals surface area contributed by atoms with Gasteiger partial charge < -0.3 is 24.8 Å². The van der Waals surface area contributed by atoms with Crippen molar-refractivity contribution in [3.8, 4) is 11.1 Å². The van der Waals surface area contributed by atoms with Gasteiger partial charge in [0.15, 0.2) is 6.29 Å². The molecule has 0 spiro atoms. The first-order valence-corrected chi connectivity index (χ1v) is 14.6. The van der Waals surface area contributed by atoms with Crippen LogP contribution >= 0.6 is 0 Å². The zero-order valence-electron chi connectivity index (χ0n) is 24.6. The van der Waals surface area contributed by atoms with Crippen molar-refractivity contribution >= 4 is 11.8 Å². The maximum Gasteiger partial charge on any atom is 0.243 e. The average Bonchev–Trinajstić information content (AvgIpc) is 3.04. The van der Waals surface area contributed by atoms with Gasteiger partial charge in [-0.2, -0.15) is 0 Å². The first-order chi connectivity index (χ1) is 20.9. The van der Waals surface area contributed by atoms with Crippen LogP contribution in [-0.2, 0) is 32.2 Å². The van der Waals surface area contributed by atoms with Gasteiger partial charge in [0.05, 0.1) is 18.8 Å². The summed E-state index contributed by atoms with van der Waals surface area (Å²) < 4.78 is 13.0. The second-order valence-corrected chi connectivity index (χ2v) is 10.9. The van der Waals surface area contributed by atoms with Gasteiger partial charge in [0.1, 0.15) is 0 Å². The number of hydrogen-bond acceptors (Lipinski definition) is 7. The number of hydroxylamine groups is 1. The number of amides is 2.